The SMILES string of the molecule is CC1CN(C(=O)C2(c3cccc(F)c3)CCOCC2)CCN1. The summed E-state index contributed by atoms with van der Waals surface area (Å²) >= 11 is 0. The van der Waals surface area contributed by atoms with E-state index in [0.717, 1.165) is 12.1 Å². The summed E-state index contributed by atoms with van der Waals surface area (Å²) in [7, 11) is 0. The molecule has 1 aromatic rings. The third kappa shape index (κ3) is 2.88. The van der Waals surface area contributed by atoms with Crippen molar-refractivity contribution in [1.82, 2.24) is 10.2 Å². The van der Waals surface area contributed by atoms with Crippen molar-refractivity contribution in [3.63, 3.8) is 0 Å². The lowest BCUT2D eigenvalue weighted by atomic mass is 9.72. The summed E-state index contributed by atoms with van der Waals surface area (Å²) < 4.78 is 19.2. The molecule has 0 radical (unpaired) electrons. The Balaban J connectivity index is 1.93. The van der Waals surface area contributed by atoms with Gasteiger partial charge in [0.2, 0.25) is 5.91 Å². The van der Waals surface area contributed by atoms with Crippen molar-refractivity contribution in [2.45, 2.75) is 31.2 Å². The summed E-state index contributed by atoms with van der Waals surface area (Å²) in [6, 6.07) is 6.79. The Hall–Kier alpha value is -1.46. The number of carbonyl (C=O) groups is 1. The monoisotopic (exact) mass is 306 g/mol. The van der Waals surface area contributed by atoms with Gasteiger partial charge in [-0.2, -0.15) is 0 Å². The number of nitrogens with zero attached hydrogens (tertiary/aromatic N) is 1. The maximum atomic E-state index is 13.7. The minimum atomic E-state index is -0.641. The molecule has 22 heavy (non-hydrogen) atoms. The van der Waals surface area contributed by atoms with Crippen LogP contribution in [0.15, 0.2) is 24.3 Å². The number of rotatable bonds is 2. The highest BCUT2D eigenvalue weighted by Crippen LogP contribution is 2.37. The highest BCUT2D eigenvalue weighted by Gasteiger charge is 2.44. The van der Waals surface area contributed by atoms with Gasteiger partial charge < -0.3 is 15.0 Å². The first-order chi connectivity index (χ1) is 10.6. The molecule has 2 aliphatic rings. The molecular formula is C17H23FN2O2. The molecule has 2 aliphatic heterocycles. The Morgan fingerprint density at radius 2 is 2.18 bits per heavy atom. The Kier molecular flexibility index (Phi) is 4.45. The number of benzene rings is 1. The number of hydrogen-bond acceptors (Lipinski definition) is 3. The predicted octanol–water partition coefficient (Wildman–Crippen LogP) is 1.69. The normalized spacial score (nSPS) is 25.0. The van der Waals surface area contributed by atoms with Crippen molar-refractivity contribution in [2.75, 3.05) is 32.8 Å². The third-order valence-corrected chi connectivity index (χ3v) is 4.79. The van der Waals surface area contributed by atoms with Gasteiger partial charge in [-0.05, 0) is 37.5 Å². The zero-order valence-electron chi connectivity index (χ0n) is 13.0. The number of carbonyl (C=O) groups excluding carboxylic acids is 1. The second-order valence-corrected chi connectivity index (χ2v) is 6.31. The van der Waals surface area contributed by atoms with Crippen molar-refractivity contribution in [2.24, 2.45) is 0 Å². The first kappa shape index (κ1) is 15.4. The number of nitrogens with one attached hydrogen (secondary N) is 1. The lowest BCUT2D eigenvalue weighted by molar-refractivity contribution is -0.142. The number of hydrogen-bond donors (Lipinski definition) is 1. The van der Waals surface area contributed by atoms with E-state index in [-0.39, 0.29) is 11.7 Å². The Morgan fingerprint density at radius 3 is 2.86 bits per heavy atom. The van der Waals surface area contributed by atoms with E-state index in [0.29, 0.717) is 45.2 Å². The molecule has 0 saturated carbocycles. The Bertz CT molecular complexity index is 543. The van der Waals surface area contributed by atoms with E-state index in [1.54, 1.807) is 6.07 Å². The van der Waals surface area contributed by atoms with Crippen LogP contribution in [0, 0.1) is 5.82 Å². The van der Waals surface area contributed by atoms with Gasteiger partial charge >= 0.3 is 0 Å². The van der Waals surface area contributed by atoms with Crippen molar-refractivity contribution < 1.29 is 13.9 Å². The van der Waals surface area contributed by atoms with Gasteiger partial charge in [0, 0.05) is 38.9 Å². The van der Waals surface area contributed by atoms with Gasteiger partial charge in [0.05, 0.1) is 5.41 Å². The second-order valence-electron chi connectivity index (χ2n) is 6.31. The van der Waals surface area contributed by atoms with Crippen molar-refractivity contribution in [3.05, 3.63) is 35.6 Å². The fraction of sp³-hybridized carbons (Fsp3) is 0.588. The summed E-state index contributed by atoms with van der Waals surface area (Å²) in [5.74, 6) is -0.167. The van der Waals surface area contributed by atoms with E-state index in [2.05, 4.69) is 12.2 Å². The van der Waals surface area contributed by atoms with E-state index >= 15 is 0 Å². The van der Waals surface area contributed by atoms with E-state index < -0.39 is 5.41 Å². The Labute approximate surface area is 130 Å². The van der Waals surface area contributed by atoms with Crippen LogP contribution in [0.25, 0.3) is 0 Å². The van der Waals surface area contributed by atoms with Gasteiger partial charge in [-0.15, -0.1) is 0 Å². The summed E-state index contributed by atoms with van der Waals surface area (Å²) in [4.78, 5) is 15.2. The summed E-state index contributed by atoms with van der Waals surface area (Å²) in [5.41, 5.74) is 0.143. The predicted molar refractivity (Wildman–Crippen MR) is 82.2 cm³/mol. The quantitative estimate of drug-likeness (QED) is 0.904. The van der Waals surface area contributed by atoms with Gasteiger partial charge in [-0.3, -0.25) is 4.79 Å². The van der Waals surface area contributed by atoms with Gasteiger partial charge in [-0.25, -0.2) is 4.39 Å². The summed E-state index contributed by atoms with van der Waals surface area (Å²) in [6.45, 7) is 5.40. The van der Waals surface area contributed by atoms with Gasteiger partial charge in [0.15, 0.2) is 0 Å². The van der Waals surface area contributed by atoms with Crippen LogP contribution in [0.1, 0.15) is 25.3 Å². The zero-order chi connectivity index (χ0) is 15.6. The number of piperazine rings is 1. The molecule has 2 heterocycles. The van der Waals surface area contributed by atoms with E-state index in [1.807, 2.05) is 11.0 Å². The van der Waals surface area contributed by atoms with Crippen LogP contribution in [0.4, 0.5) is 4.39 Å². The minimum absolute atomic E-state index is 0.120. The summed E-state index contributed by atoms with van der Waals surface area (Å²) in [6.07, 6.45) is 1.24. The average Bonchev–Trinajstić information content (AvgIpc) is 2.55. The molecule has 3 rings (SSSR count). The molecule has 1 aromatic carbocycles. The maximum absolute atomic E-state index is 13.7. The van der Waals surface area contributed by atoms with E-state index in [1.165, 1.54) is 12.1 Å². The first-order valence-electron chi connectivity index (χ1n) is 7.98. The van der Waals surface area contributed by atoms with Crippen LogP contribution in [0.2, 0.25) is 0 Å². The largest absolute Gasteiger partial charge is 0.381 e. The van der Waals surface area contributed by atoms with Crippen molar-refractivity contribution in [3.8, 4) is 0 Å². The molecule has 0 spiro atoms. The van der Waals surface area contributed by atoms with Crippen LogP contribution in [0.5, 0.6) is 0 Å². The van der Waals surface area contributed by atoms with E-state index in [9.17, 15) is 9.18 Å². The third-order valence-electron chi connectivity index (χ3n) is 4.79. The fourth-order valence-electron chi connectivity index (χ4n) is 3.55. The highest BCUT2D eigenvalue weighted by atomic mass is 19.1. The topological polar surface area (TPSA) is 41.6 Å². The molecular weight excluding hydrogens is 283 g/mol. The molecule has 2 saturated heterocycles. The molecule has 120 valence electrons. The molecule has 2 fully saturated rings. The van der Waals surface area contributed by atoms with Crippen molar-refractivity contribution in [1.29, 1.82) is 0 Å². The van der Waals surface area contributed by atoms with Crippen LogP contribution >= 0.6 is 0 Å². The van der Waals surface area contributed by atoms with Crippen LogP contribution in [-0.4, -0.2) is 49.7 Å². The second kappa shape index (κ2) is 6.34. The van der Waals surface area contributed by atoms with Gasteiger partial charge in [-0.1, -0.05) is 12.1 Å². The molecule has 4 nitrogen and oxygen atoms in total. The highest BCUT2D eigenvalue weighted by molar-refractivity contribution is 5.88. The van der Waals surface area contributed by atoms with Crippen LogP contribution < -0.4 is 5.32 Å². The minimum Gasteiger partial charge on any atom is -0.381 e. The molecule has 0 aromatic heterocycles. The molecule has 5 heteroatoms. The molecule has 1 N–H and O–H groups in total. The molecule has 1 amide bonds. The number of halogens is 1. The molecule has 1 atom stereocenters. The maximum Gasteiger partial charge on any atom is 0.233 e. The average molecular weight is 306 g/mol. The zero-order valence-corrected chi connectivity index (χ0v) is 13.0. The fourth-order valence-corrected chi connectivity index (χ4v) is 3.55. The lowest BCUT2D eigenvalue weighted by Crippen LogP contribution is -2.57. The lowest BCUT2D eigenvalue weighted by Gasteiger charge is -2.42. The first-order valence-corrected chi connectivity index (χ1v) is 7.98. The van der Waals surface area contributed by atoms with Gasteiger partial charge in [0.25, 0.3) is 0 Å². The Morgan fingerprint density at radius 1 is 1.41 bits per heavy atom. The summed E-state index contributed by atoms with van der Waals surface area (Å²) in [5, 5.41) is 3.35. The van der Waals surface area contributed by atoms with Crippen LogP contribution in [-0.2, 0) is 14.9 Å². The van der Waals surface area contributed by atoms with Crippen molar-refractivity contribution >= 4 is 5.91 Å². The van der Waals surface area contributed by atoms with Gasteiger partial charge in [0.1, 0.15) is 5.82 Å². The van der Waals surface area contributed by atoms with E-state index in [4.69, 9.17) is 4.74 Å². The number of ether oxygens (including phenoxy) is 1. The number of amides is 1. The molecule has 0 bridgehead atoms. The smallest absolute Gasteiger partial charge is 0.233 e. The molecule has 1 unspecified atom stereocenters. The standard InChI is InChI=1S/C17H23FN2O2/c1-13-12-20(8-7-19-13)16(21)17(5-9-22-10-6-17)14-3-2-4-15(18)11-14/h2-4,11,13,19H,5-10,12H2,1H3. The molecule has 0 aliphatic carbocycles. The van der Waals surface area contributed by atoms with Crippen LogP contribution in [0.3, 0.4) is 0 Å².